The molecule has 0 saturated carbocycles. The number of halogens is 3. The van der Waals surface area contributed by atoms with Crippen LogP contribution in [0.3, 0.4) is 0 Å². The van der Waals surface area contributed by atoms with Crippen LogP contribution in [0.15, 0.2) is 0 Å². The lowest BCUT2D eigenvalue weighted by molar-refractivity contribution is -0.271. The largest absolute Gasteiger partial charge is 0.537 e. The van der Waals surface area contributed by atoms with Gasteiger partial charge < -0.3 is 0 Å². The zero-order valence-electron chi connectivity index (χ0n) is 4.97. The molecule has 0 rings (SSSR count). The van der Waals surface area contributed by atoms with Gasteiger partial charge in [-0.3, -0.25) is 0 Å². The van der Waals surface area contributed by atoms with Gasteiger partial charge in [-0.1, -0.05) is 0 Å². The maximum absolute atomic E-state index is 11.1. The molecule has 0 atom stereocenters. The lowest BCUT2D eigenvalue weighted by Gasteiger charge is -2.04. The molecule has 0 saturated heterocycles. The van der Waals surface area contributed by atoms with Gasteiger partial charge in [-0.05, 0) is 6.92 Å². The zero-order valence-corrected chi connectivity index (χ0v) is 5.79. The average molecular weight is 178 g/mol. The van der Waals surface area contributed by atoms with Crippen molar-refractivity contribution in [2.24, 2.45) is 0 Å². The molecule has 7 heteroatoms. The predicted octanol–water partition coefficient (Wildman–Crippen LogP) is 0.873. The topological polar surface area (TPSA) is 43.4 Å². The number of hydrogen-bond acceptors (Lipinski definition) is 3. The summed E-state index contributed by atoms with van der Waals surface area (Å²) in [4.78, 5) is 0. The second kappa shape index (κ2) is 2.75. The maximum atomic E-state index is 11.1. The molecule has 0 aromatic rings. The fourth-order valence-electron chi connectivity index (χ4n) is 0.203. The van der Waals surface area contributed by atoms with Gasteiger partial charge >= 0.3 is 6.36 Å². The van der Waals surface area contributed by atoms with Gasteiger partial charge in [0.05, 0.1) is 5.75 Å². The first-order valence-corrected chi connectivity index (χ1v) is 3.84. The summed E-state index contributed by atoms with van der Waals surface area (Å²) in [7, 11) is -4.40. The Kier molecular flexibility index (Phi) is 2.67. The second-order valence-electron chi connectivity index (χ2n) is 1.38. The van der Waals surface area contributed by atoms with Gasteiger partial charge in [0.1, 0.15) is 0 Å². The predicted molar refractivity (Wildman–Crippen MR) is 26.6 cm³/mol. The lowest BCUT2D eigenvalue weighted by atomic mass is 11.0. The minimum Gasteiger partial charge on any atom is -0.199 e. The normalized spacial score (nSPS) is 13.6. The first-order chi connectivity index (χ1) is 4.27. The molecule has 0 N–H and O–H groups in total. The Labute approximate surface area is 55.9 Å². The van der Waals surface area contributed by atoms with E-state index < -0.39 is 22.2 Å². The van der Waals surface area contributed by atoms with Crippen LogP contribution in [0.5, 0.6) is 0 Å². The summed E-state index contributed by atoms with van der Waals surface area (Å²) in [6.07, 6.45) is -5.10. The van der Waals surface area contributed by atoms with E-state index >= 15 is 0 Å². The van der Waals surface area contributed by atoms with Gasteiger partial charge in [-0.2, -0.15) is 12.6 Å². The average Bonchev–Trinajstić information content (AvgIpc) is 1.60. The van der Waals surface area contributed by atoms with E-state index in [9.17, 15) is 21.6 Å². The molecule has 0 bridgehead atoms. The highest BCUT2D eigenvalue weighted by Crippen LogP contribution is 2.19. The van der Waals surface area contributed by atoms with Crippen LogP contribution in [0.2, 0.25) is 0 Å². The summed E-state index contributed by atoms with van der Waals surface area (Å²) in [6, 6.07) is 0. The Morgan fingerprint density at radius 2 is 1.80 bits per heavy atom. The van der Waals surface area contributed by atoms with Gasteiger partial charge in [-0.25, -0.2) is 0 Å². The Bertz CT molecular complexity index is 192. The van der Waals surface area contributed by atoms with Crippen molar-refractivity contribution in [1.82, 2.24) is 0 Å². The number of alkyl halides is 3. The quantitative estimate of drug-likeness (QED) is 0.589. The Morgan fingerprint density at radius 3 is 1.90 bits per heavy atom. The molecule has 0 heterocycles. The van der Waals surface area contributed by atoms with Crippen LogP contribution in [0.4, 0.5) is 13.2 Å². The van der Waals surface area contributed by atoms with Crippen LogP contribution in [-0.4, -0.2) is 20.5 Å². The summed E-state index contributed by atoms with van der Waals surface area (Å²) in [5.41, 5.74) is 0. The molecule has 0 aliphatic rings. The molecule has 0 aliphatic carbocycles. The van der Waals surface area contributed by atoms with E-state index in [0.717, 1.165) is 6.92 Å². The number of hydrogen-bond donors (Lipinski definition) is 0. The molecule has 0 amide bonds. The van der Waals surface area contributed by atoms with Crippen molar-refractivity contribution in [2.75, 3.05) is 5.75 Å². The molecule has 3 nitrogen and oxygen atoms in total. The number of rotatable bonds is 2. The van der Waals surface area contributed by atoms with Crippen molar-refractivity contribution < 1.29 is 25.8 Å². The van der Waals surface area contributed by atoms with E-state index in [4.69, 9.17) is 0 Å². The standard InChI is InChI=1S/C3H5F3O3S/c1-2-10(7,8)9-3(4,5)6/h2H2,1H3. The molecular weight excluding hydrogens is 173 g/mol. The van der Waals surface area contributed by atoms with Crippen molar-refractivity contribution in [1.29, 1.82) is 0 Å². The zero-order chi connectivity index (χ0) is 8.41. The van der Waals surface area contributed by atoms with Gasteiger partial charge in [-0.15, -0.1) is 13.2 Å². The molecule has 0 radical (unpaired) electrons. The summed E-state index contributed by atoms with van der Waals surface area (Å²) in [6.45, 7) is 1.06. The molecule has 62 valence electrons. The highest BCUT2D eigenvalue weighted by Gasteiger charge is 2.35. The van der Waals surface area contributed by atoms with Gasteiger partial charge in [0.15, 0.2) is 0 Å². The monoisotopic (exact) mass is 178 g/mol. The summed E-state index contributed by atoms with van der Waals surface area (Å²) < 4.78 is 56.3. The molecule has 0 aromatic heterocycles. The fraction of sp³-hybridized carbons (Fsp3) is 1.00. The van der Waals surface area contributed by atoms with E-state index in [2.05, 4.69) is 4.18 Å². The molecule has 0 aliphatic heterocycles. The van der Waals surface area contributed by atoms with Crippen LogP contribution in [0.1, 0.15) is 6.92 Å². The van der Waals surface area contributed by atoms with E-state index in [0.29, 0.717) is 0 Å². The third-order valence-corrected chi connectivity index (χ3v) is 1.73. The van der Waals surface area contributed by atoms with E-state index in [1.54, 1.807) is 0 Å². The van der Waals surface area contributed by atoms with Crippen LogP contribution in [0.25, 0.3) is 0 Å². The fourth-order valence-corrected chi connectivity index (χ4v) is 0.609. The van der Waals surface area contributed by atoms with Crippen molar-refractivity contribution in [3.63, 3.8) is 0 Å². The molecule has 0 unspecified atom stereocenters. The van der Waals surface area contributed by atoms with Crippen molar-refractivity contribution in [2.45, 2.75) is 13.3 Å². The third kappa shape index (κ3) is 4.57. The molecule has 10 heavy (non-hydrogen) atoms. The maximum Gasteiger partial charge on any atom is 0.537 e. The molecule has 0 fully saturated rings. The minimum absolute atomic E-state index is 0.688. The first-order valence-electron chi connectivity index (χ1n) is 2.27. The molecule has 0 spiro atoms. The molecule has 0 aromatic carbocycles. The van der Waals surface area contributed by atoms with Crippen molar-refractivity contribution in [3.8, 4) is 0 Å². The summed E-state index contributed by atoms with van der Waals surface area (Å²) >= 11 is 0. The third-order valence-electron chi connectivity index (χ3n) is 0.575. The Morgan fingerprint density at radius 1 is 1.40 bits per heavy atom. The minimum atomic E-state index is -5.10. The summed E-state index contributed by atoms with van der Waals surface area (Å²) in [5, 5.41) is 0. The van der Waals surface area contributed by atoms with Gasteiger partial charge in [0.2, 0.25) is 0 Å². The Hall–Kier alpha value is -0.300. The van der Waals surface area contributed by atoms with Crippen molar-refractivity contribution >= 4 is 10.1 Å². The van der Waals surface area contributed by atoms with Crippen LogP contribution in [-0.2, 0) is 14.3 Å². The van der Waals surface area contributed by atoms with Crippen molar-refractivity contribution in [3.05, 3.63) is 0 Å². The lowest BCUT2D eigenvalue weighted by Crippen LogP contribution is -2.20. The molecular formula is C3H5F3O3S. The smallest absolute Gasteiger partial charge is 0.199 e. The Balaban J connectivity index is 4.18. The van der Waals surface area contributed by atoms with Crippen LogP contribution >= 0.6 is 0 Å². The first kappa shape index (κ1) is 9.70. The highest BCUT2D eigenvalue weighted by atomic mass is 32.2. The summed E-state index contributed by atoms with van der Waals surface area (Å²) in [5.74, 6) is -0.688. The SMILES string of the molecule is CCS(=O)(=O)OC(F)(F)F. The van der Waals surface area contributed by atoms with E-state index in [1.165, 1.54) is 0 Å². The van der Waals surface area contributed by atoms with Gasteiger partial charge in [0, 0.05) is 0 Å². The van der Waals surface area contributed by atoms with Crippen LogP contribution < -0.4 is 0 Å². The second-order valence-corrected chi connectivity index (χ2v) is 3.23. The van der Waals surface area contributed by atoms with E-state index in [-0.39, 0.29) is 0 Å². The van der Waals surface area contributed by atoms with Gasteiger partial charge in [0.25, 0.3) is 10.1 Å². The van der Waals surface area contributed by atoms with E-state index in [1.807, 2.05) is 0 Å². The van der Waals surface area contributed by atoms with Crippen LogP contribution in [0, 0.1) is 0 Å². The highest BCUT2D eigenvalue weighted by molar-refractivity contribution is 7.86.